The second kappa shape index (κ2) is 6.02. The third kappa shape index (κ3) is 2.86. The van der Waals surface area contributed by atoms with Crippen molar-refractivity contribution in [2.24, 2.45) is 11.7 Å². The molecule has 2 atom stereocenters. The van der Waals surface area contributed by atoms with Crippen molar-refractivity contribution < 1.29 is 0 Å². The van der Waals surface area contributed by atoms with Gasteiger partial charge in [0.05, 0.1) is 0 Å². The molecule has 18 heavy (non-hydrogen) atoms. The number of pyridine rings is 1. The zero-order valence-electron chi connectivity index (χ0n) is 11.2. The van der Waals surface area contributed by atoms with Gasteiger partial charge in [-0.1, -0.05) is 12.8 Å². The molecule has 0 aliphatic heterocycles. The molecule has 2 N–H and O–H groups in total. The molecule has 4 heteroatoms. The molecule has 0 saturated heterocycles. The number of aryl methyl sites for hydroxylation is 1. The van der Waals surface area contributed by atoms with E-state index in [2.05, 4.69) is 45.9 Å². The summed E-state index contributed by atoms with van der Waals surface area (Å²) in [6.07, 6.45) is 6.98. The number of halogens is 1. The van der Waals surface area contributed by atoms with E-state index in [0.29, 0.717) is 12.0 Å². The monoisotopic (exact) mass is 311 g/mol. The standard InChI is InChI=1S/C14H22BrN3/c1-10-7-12(15)9-17-14(10)18(2)13-6-4-3-5-11(13)8-16/h7,9,11,13H,3-6,8,16H2,1-2H3. The summed E-state index contributed by atoms with van der Waals surface area (Å²) in [6, 6.07) is 2.66. The highest BCUT2D eigenvalue weighted by molar-refractivity contribution is 9.10. The molecule has 1 saturated carbocycles. The van der Waals surface area contributed by atoms with Crippen molar-refractivity contribution in [2.45, 2.75) is 38.6 Å². The van der Waals surface area contributed by atoms with Crippen LogP contribution in [0.15, 0.2) is 16.7 Å². The van der Waals surface area contributed by atoms with Gasteiger partial charge < -0.3 is 10.6 Å². The summed E-state index contributed by atoms with van der Waals surface area (Å²) >= 11 is 3.47. The Balaban J connectivity index is 2.20. The van der Waals surface area contributed by atoms with E-state index >= 15 is 0 Å². The Morgan fingerprint density at radius 1 is 1.44 bits per heavy atom. The topological polar surface area (TPSA) is 42.2 Å². The predicted octanol–water partition coefficient (Wildman–Crippen LogP) is 3.11. The van der Waals surface area contributed by atoms with Crippen LogP contribution in [-0.4, -0.2) is 24.6 Å². The van der Waals surface area contributed by atoms with Gasteiger partial charge >= 0.3 is 0 Å². The van der Waals surface area contributed by atoms with E-state index in [1.165, 1.54) is 31.2 Å². The van der Waals surface area contributed by atoms with Crippen molar-refractivity contribution in [1.29, 1.82) is 0 Å². The molecule has 1 aliphatic rings. The minimum atomic E-state index is 0.538. The van der Waals surface area contributed by atoms with Gasteiger partial charge in [0.1, 0.15) is 5.82 Å². The Labute approximate surface area is 118 Å². The largest absolute Gasteiger partial charge is 0.356 e. The number of hydrogen-bond donors (Lipinski definition) is 1. The number of aromatic nitrogens is 1. The maximum Gasteiger partial charge on any atom is 0.131 e. The lowest BCUT2D eigenvalue weighted by atomic mass is 9.83. The summed E-state index contributed by atoms with van der Waals surface area (Å²) in [4.78, 5) is 6.89. The van der Waals surface area contributed by atoms with Crippen LogP contribution in [0.1, 0.15) is 31.2 Å². The third-order valence-corrected chi connectivity index (χ3v) is 4.45. The van der Waals surface area contributed by atoms with E-state index in [0.717, 1.165) is 16.8 Å². The van der Waals surface area contributed by atoms with Gasteiger partial charge in [-0.3, -0.25) is 0 Å². The van der Waals surface area contributed by atoms with Crippen molar-refractivity contribution in [2.75, 3.05) is 18.5 Å². The fraction of sp³-hybridized carbons (Fsp3) is 0.643. The smallest absolute Gasteiger partial charge is 0.131 e. The lowest BCUT2D eigenvalue weighted by molar-refractivity contribution is 0.305. The van der Waals surface area contributed by atoms with Crippen molar-refractivity contribution in [3.63, 3.8) is 0 Å². The molecular weight excluding hydrogens is 290 g/mol. The van der Waals surface area contributed by atoms with Gasteiger partial charge in [0.15, 0.2) is 0 Å². The molecule has 1 aromatic rings. The Hall–Kier alpha value is -0.610. The molecule has 1 fully saturated rings. The molecule has 1 aromatic heterocycles. The van der Waals surface area contributed by atoms with Crippen LogP contribution < -0.4 is 10.6 Å². The average Bonchev–Trinajstić information content (AvgIpc) is 2.38. The lowest BCUT2D eigenvalue weighted by Gasteiger charge is -2.38. The minimum Gasteiger partial charge on any atom is -0.356 e. The first-order valence-electron chi connectivity index (χ1n) is 6.68. The quantitative estimate of drug-likeness (QED) is 0.932. The Morgan fingerprint density at radius 2 is 2.17 bits per heavy atom. The van der Waals surface area contributed by atoms with Gasteiger partial charge in [0, 0.05) is 23.8 Å². The number of nitrogens with two attached hydrogens (primary N) is 1. The van der Waals surface area contributed by atoms with E-state index in [1.807, 2.05) is 6.20 Å². The zero-order valence-corrected chi connectivity index (χ0v) is 12.8. The normalized spacial score (nSPS) is 24.0. The minimum absolute atomic E-state index is 0.538. The second-order valence-electron chi connectivity index (χ2n) is 5.25. The van der Waals surface area contributed by atoms with Crippen LogP contribution in [0.2, 0.25) is 0 Å². The highest BCUT2D eigenvalue weighted by atomic mass is 79.9. The molecule has 2 unspecified atom stereocenters. The first kappa shape index (κ1) is 13.8. The van der Waals surface area contributed by atoms with Crippen LogP contribution in [0.3, 0.4) is 0 Å². The van der Waals surface area contributed by atoms with Crippen LogP contribution >= 0.6 is 15.9 Å². The van der Waals surface area contributed by atoms with Crippen molar-refractivity contribution in [3.05, 3.63) is 22.3 Å². The van der Waals surface area contributed by atoms with Crippen LogP contribution in [0.25, 0.3) is 0 Å². The first-order chi connectivity index (χ1) is 8.63. The molecule has 0 amide bonds. The summed E-state index contributed by atoms with van der Waals surface area (Å²) in [5, 5.41) is 0. The van der Waals surface area contributed by atoms with Crippen molar-refractivity contribution in [3.8, 4) is 0 Å². The van der Waals surface area contributed by atoms with Gasteiger partial charge in [-0.2, -0.15) is 0 Å². The van der Waals surface area contributed by atoms with Crippen LogP contribution in [0, 0.1) is 12.8 Å². The van der Waals surface area contributed by atoms with Gasteiger partial charge in [-0.25, -0.2) is 4.98 Å². The lowest BCUT2D eigenvalue weighted by Crippen LogP contribution is -2.43. The number of anilines is 1. The molecule has 100 valence electrons. The van der Waals surface area contributed by atoms with Crippen LogP contribution in [0.5, 0.6) is 0 Å². The first-order valence-corrected chi connectivity index (χ1v) is 7.48. The highest BCUT2D eigenvalue weighted by Gasteiger charge is 2.28. The van der Waals surface area contributed by atoms with Crippen molar-refractivity contribution in [1.82, 2.24) is 4.98 Å². The number of hydrogen-bond acceptors (Lipinski definition) is 3. The van der Waals surface area contributed by atoms with Gasteiger partial charge in [0.25, 0.3) is 0 Å². The summed E-state index contributed by atoms with van der Waals surface area (Å²) in [7, 11) is 2.15. The predicted molar refractivity (Wildman–Crippen MR) is 79.9 cm³/mol. The number of rotatable bonds is 3. The van der Waals surface area contributed by atoms with E-state index in [1.54, 1.807) is 0 Å². The molecule has 0 bridgehead atoms. The number of nitrogens with zero attached hydrogens (tertiary/aromatic N) is 2. The Bertz CT molecular complexity index is 408. The van der Waals surface area contributed by atoms with Crippen LogP contribution in [-0.2, 0) is 0 Å². The van der Waals surface area contributed by atoms with E-state index < -0.39 is 0 Å². The average molecular weight is 312 g/mol. The molecule has 3 nitrogen and oxygen atoms in total. The van der Waals surface area contributed by atoms with Gasteiger partial charge in [0.2, 0.25) is 0 Å². The molecule has 2 rings (SSSR count). The Morgan fingerprint density at radius 3 is 2.83 bits per heavy atom. The Kier molecular flexibility index (Phi) is 4.62. The second-order valence-corrected chi connectivity index (χ2v) is 6.17. The van der Waals surface area contributed by atoms with Gasteiger partial charge in [-0.05, 0) is 59.8 Å². The molecule has 0 aromatic carbocycles. The van der Waals surface area contributed by atoms with E-state index in [4.69, 9.17) is 5.73 Å². The summed E-state index contributed by atoms with van der Waals surface area (Å²) in [5.41, 5.74) is 7.13. The van der Waals surface area contributed by atoms with Gasteiger partial charge in [-0.15, -0.1) is 0 Å². The zero-order chi connectivity index (χ0) is 13.1. The molecule has 1 heterocycles. The molecule has 0 spiro atoms. The SMILES string of the molecule is Cc1cc(Br)cnc1N(C)C1CCCCC1CN. The highest BCUT2D eigenvalue weighted by Crippen LogP contribution is 2.31. The molecule has 0 radical (unpaired) electrons. The fourth-order valence-corrected chi connectivity index (χ4v) is 3.48. The summed E-state index contributed by atoms with van der Waals surface area (Å²) in [6.45, 7) is 2.90. The third-order valence-electron chi connectivity index (χ3n) is 4.02. The molecule has 1 aliphatic carbocycles. The van der Waals surface area contributed by atoms with E-state index in [9.17, 15) is 0 Å². The maximum atomic E-state index is 5.92. The van der Waals surface area contributed by atoms with Crippen LogP contribution in [0.4, 0.5) is 5.82 Å². The summed E-state index contributed by atoms with van der Waals surface area (Å²) < 4.78 is 1.04. The fourth-order valence-electron chi connectivity index (χ4n) is 3.03. The maximum absolute atomic E-state index is 5.92. The molecular formula is C14H22BrN3. The summed E-state index contributed by atoms with van der Waals surface area (Å²) in [5.74, 6) is 1.69. The van der Waals surface area contributed by atoms with Crippen molar-refractivity contribution >= 4 is 21.7 Å². The van der Waals surface area contributed by atoms with E-state index in [-0.39, 0.29) is 0 Å².